The van der Waals surface area contributed by atoms with E-state index in [0.717, 1.165) is 6.07 Å². The molecular formula is C23H25F3N2O4. The molecule has 1 aromatic carbocycles. The second-order valence-corrected chi connectivity index (χ2v) is 8.36. The topological polar surface area (TPSA) is 77.5 Å². The van der Waals surface area contributed by atoms with E-state index >= 15 is 0 Å². The van der Waals surface area contributed by atoms with Gasteiger partial charge in [-0.2, -0.15) is 13.2 Å². The Kier molecular flexibility index (Phi) is 6.33. The number of anilines is 1. The number of ether oxygens (including phenoxy) is 2. The van der Waals surface area contributed by atoms with Gasteiger partial charge in [0.25, 0.3) is 5.91 Å². The molecule has 1 aromatic heterocycles. The maximum absolute atomic E-state index is 13.6. The number of para-hydroxylation sites is 1. The molecule has 1 N–H and O–H groups in total. The lowest BCUT2D eigenvalue weighted by Crippen LogP contribution is -2.33. The highest BCUT2D eigenvalue weighted by molar-refractivity contribution is 5.97. The summed E-state index contributed by atoms with van der Waals surface area (Å²) < 4.78 is 51.9. The standard InChI is InChI=1S/C23H25F3N2O4/c1-12-18(15-7-6-8-16(19(15)31-5)23(24,25)26)20(32-22(12,3)4)21(30)28-14-9-10-27-17(11-14)13(2)29/h6-12,18,20H,1-5H3,(H,27,28,30)/t12-,18-,20+/m0/s1. The predicted octanol–water partition coefficient (Wildman–Crippen LogP) is 4.85. The average Bonchev–Trinajstić information content (AvgIpc) is 2.96. The molecule has 1 saturated heterocycles. The van der Waals surface area contributed by atoms with Gasteiger partial charge in [0, 0.05) is 30.3 Å². The number of nitrogens with zero attached hydrogens (tertiary/aromatic N) is 1. The first kappa shape index (κ1) is 23.7. The van der Waals surface area contributed by atoms with Crippen molar-refractivity contribution in [1.29, 1.82) is 0 Å². The molecule has 0 saturated carbocycles. The number of benzene rings is 1. The van der Waals surface area contributed by atoms with Crippen LogP contribution in [-0.4, -0.2) is 35.5 Å². The van der Waals surface area contributed by atoms with E-state index in [2.05, 4.69) is 10.3 Å². The number of halogens is 3. The van der Waals surface area contributed by atoms with E-state index in [1.54, 1.807) is 13.8 Å². The Hall–Kier alpha value is -2.94. The van der Waals surface area contributed by atoms with E-state index in [1.165, 1.54) is 44.5 Å². The molecule has 9 heteroatoms. The van der Waals surface area contributed by atoms with Gasteiger partial charge in [0.15, 0.2) is 5.78 Å². The lowest BCUT2D eigenvalue weighted by atomic mass is 9.77. The van der Waals surface area contributed by atoms with Crippen LogP contribution in [0.25, 0.3) is 0 Å². The number of aromatic nitrogens is 1. The van der Waals surface area contributed by atoms with Crippen LogP contribution in [0, 0.1) is 5.92 Å². The number of amides is 1. The fourth-order valence-electron chi connectivity index (χ4n) is 4.03. The van der Waals surface area contributed by atoms with Crippen molar-refractivity contribution in [3.8, 4) is 5.75 Å². The molecule has 3 rings (SSSR count). The Morgan fingerprint density at radius 1 is 1.22 bits per heavy atom. The number of hydrogen-bond donors (Lipinski definition) is 1. The van der Waals surface area contributed by atoms with E-state index in [4.69, 9.17) is 9.47 Å². The third-order valence-electron chi connectivity index (χ3n) is 5.95. The van der Waals surface area contributed by atoms with Gasteiger partial charge in [-0.15, -0.1) is 0 Å². The van der Waals surface area contributed by atoms with Crippen molar-refractivity contribution in [1.82, 2.24) is 4.98 Å². The number of alkyl halides is 3. The zero-order valence-electron chi connectivity index (χ0n) is 18.4. The fourth-order valence-corrected chi connectivity index (χ4v) is 4.03. The highest BCUT2D eigenvalue weighted by Gasteiger charge is 2.52. The van der Waals surface area contributed by atoms with Crippen LogP contribution in [0.5, 0.6) is 5.75 Å². The molecular weight excluding hydrogens is 425 g/mol. The highest BCUT2D eigenvalue weighted by Crippen LogP contribution is 2.50. The van der Waals surface area contributed by atoms with Gasteiger partial charge >= 0.3 is 6.18 Å². The number of nitrogens with one attached hydrogen (secondary N) is 1. The van der Waals surface area contributed by atoms with Crippen LogP contribution in [0.4, 0.5) is 18.9 Å². The van der Waals surface area contributed by atoms with Crippen molar-refractivity contribution in [2.75, 3.05) is 12.4 Å². The summed E-state index contributed by atoms with van der Waals surface area (Å²) in [4.78, 5) is 28.7. The molecule has 0 unspecified atom stereocenters. The van der Waals surface area contributed by atoms with E-state index < -0.39 is 35.3 Å². The zero-order chi connectivity index (χ0) is 23.8. The summed E-state index contributed by atoms with van der Waals surface area (Å²) in [6.07, 6.45) is -4.30. The SMILES string of the molecule is COc1c([C@H]2[C@H](C(=O)Nc3ccnc(C(C)=O)c3)OC(C)(C)[C@H]2C)cccc1C(F)(F)F. The molecule has 2 heterocycles. The van der Waals surface area contributed by atoms with E-state index in [9.17, 15) is 22.8 Å². The zero-order valence-corrected chi connectivity index (χ0v) is 18.4. The van der Waals surface area contributed by atoms with Gasteiger partial charge in [-0.3, -0.25) is 14.6 Å². The number of carbonyl (C=O) groups is 2. The summed E-state index contributed by atoms with van der Waals surface area (Å²) in [5, 5.41) is 2.70. The Morgan fingerprint density at radius 3 is 2.50 bits per heavy atom. The summed E-state index contributed by atoms with van der Waals surface area (Å²) in [6.45, 7) is 6.77. The number of rotatable bonds is 5. The molecule has 1 aliphatic rings. The summed E-state index contributed by atoms with van der Waals surface area (Å²) in [5.74, 6) is -2.12. The Bertz CT molecular complexity index is 1040. The van der Waals surface area contributed by atoms with Crippen LogP contribution >= 0.6 is 0 Å². The fraction of sp³-hybridized carbons (Fsp3) is 0.435. The van der Waals surface area contributed by atoms with Crippen molar-refractivity contribution in [3.63, 3.8) is 0 Å². The Balaban J connectivity index is 2.02. The van der Waals surface area contributed by atoms with Crippen LogP contribution in [0.3, 0.4) is 0 Å². The van der Waals surface area contributed by atoms with Crippen LogP contribution < -0.4 is 10.1 Å². The molecule has 0 radical (unpaired) electrons. The van der Waals surface area contributed by atoms with Gasteiger partial charge in [0.05, 0.1) is 18.3 Å². The van der Waals surface area contributed by atoms with Gasteiger partial charge in [-0.1, -0.05) is 19.1 Å². The van der Waals surface area contributed by atoms with Crippen LogP contribution in [0.1, 0.15) is 55.2 Å². The monoisotopic (exact) mass is 450 g/mol. The molecule has 0 aliphatic carbocycles. The van der Waals surface area contributed by atoms with E-state index in [-0.39, 0.29) is 28.7 Å². The lowest BCUT2D eigenvalue weighted by molar-refractivity contribution is -0.138. The number of ketones is 1. The molecule has 3 atom stereocenters. The van der Waals surface area contributed by atoms with Crippen LogP contribution in [0.15, 0.2) is 36.5 Å². The van der Waals surface area contributed by atoms with Crippen molar-refractivity contribution < 1.29 is 32.2 Å². The molecule has 0 bridgehead atoms. The largest absolute Gasteiger partial charge is 0.496 e. The molecule has 6 nitrogen and oxygen atoms in total. The Labute approximate surface area is 184 Å². The van der Waals surface area contributed by atoms with E-state index in [0.29, 0.717) is 5.69 Å². The van der Waals surface area contributed by atoms with Gasteiger partial charge in [0.1, 0.15) is 17.5 Å². The quantitative estimate of drug-likeness (QED) is 0.659. The smallest absolute Gasteiger partial charge is 0.419 e. The number of pyridine rings is 1. The first-order chi connectivity index (χ1) is 14.9. The summed E-state index contributed by atoms with van der Waals surface area (Å²) in [5.41, 5.74) is -0.923. The second-order valence-electron chi connectivity index (χ2n) is 8.36. The van der Waals surface area contributed by atoms with Crippen molar-refractivity contribution in [2.24, 2.45) is 5.92 Å². The summed E-state index contributed by atoms with van der Waals surface area (Å²) in [7, 11) is 1.18. The Morgan fingerprint density at radius 2 is 1.91 bits per heavy atom. The maximum atomic E-state index is 13.6. The maximum Gasteiger partial charge on any atom is 0.419 e. The predicted molar refractivity (Wildman–Crippen MR) is 112 cm³/mol. The van der Waals surface area contributed by atoms with E-state index in [1.807, 2.05) is 6.92 Å². The average molecular weight is 450 g/mol. The van der Waals surface area contributed by atoms with Gasteiger partial charge in [-0.25, -0.2) is 0 Å². The van der Waals surface area contributed by atoms with Crippen molar-refractivity contribution >= 4 is 17.4 Å². The van der Waals surface area contributed by atoms with Crippen molar-refractivity contribution in [3.05, 3.63) is 53.3 Å². The molecule has 1 amide bonds. The normalized spacial score (nSPS) is 22.4. The number of Topliss-reactive ketones (excluding diaryl/α,β-unsaturated/α-hetero) is 1. The summed E-state index contributed by atoms with van der Waals surface area (Å²) in [6, 6.07) is 6.73. The molecule has 172 valence electrons. The second kappa shape index (κ2) is 8.54. The van der Waals surface area contributed by atoms with Gasteiger partial charge in [-0.05, 0) is 38.0 Å². The molecule has 2 aromatic rings. The number of hydrogen-bond acceptors (Lipinski definition) is 5. The summed E-state index contributed by atoms with van der Waals surface area (Å²) >= 11 is 0. The van der Waals surface area contributed by atoms with Gasteiger partial charge < -0.3 is 14.8 Å². The van der Waals surface area contributed by atoms with Gasteiger partial charge in [0.2, 0.25) is 0 Å². The minimum absolute atomic E-state index is 0.180. The molecule has 0 spiro atoms. The highest BCUT2D eigenvalue weighted by atomic mass is 19.4. The minimum atomic E-state index is -4.61. The molecule has 32 heavy (non-hydrogen) atoms. The first-order valence-electron chi connectivity index (χ1n) is 10.1. The minimum Gasteiger partial charge on any atom is -0.496 e. The van der Waals surface area contributed by atoms with Crippen LogP contribution in [0.2, 0.25) is 0 Å². The first-order valence-corrected chi connectivity index (χ1v) is 10.1. The lowest BCUT2D eigenvalue weighted by Gasteiger charge is -2.26. The third-order valence-corrected chi connectivity index (χ3v) is 5.95. The number of methoxy groups -OCH3 is 1. The van der Waals surface area contributed by atoms with Crippen LogP contribution in [-0.2, 0) is 15.7 Å². The van der Waals surface area contributed by atoms with Crippen molar-refractivity contribution in [2.45, 2.75) is 51.5 Å². The number of carbonyl (C=O) groups excluding carboxylic acids is 2. The third kappa shape index (κ3) is 4.48. The molecule has 1 fully saturated rings. The molecule has 1 aliphatic heterocycles.